The minimum Gasteiger partial charge on any atom is -0.301 e. The van der Waals surface area contributed by atoms with Gasteiger partial charge < -0.3 is 4.90 Å². The van der Waals surface area contributed by atoms with Gasteiger partial charge in [-0.15, -0.1) is 0 Å². The average molecular weight is 192 g/mol. The van der Waals surface area contributed by atoms with E-state index in [0.717, 1.165) is 5.82 Å². The molecule has 76 valence electrons. The van der Waals surface area contributed by atoms with Gasteiger partial charge in [0.05, 0.1) is 5.54 Å². The van der Waals surface area contributed by atoms with Crippen LogP contribution in [-0.4, -0.2) is 39.3 Å². The van der Waals surface area contributed by atoms with E-state index < -0.39 is 0 Å². The van der Waals surface area contributed by atoms with Crippen molar-refractivity contribution in [2.75, 3.05) is 19.6 Å². The van der Waals surface area contributed by atoms with Crippen LogP contribution in [0.5, 0.6) is 0 Å². The Morgan fingerprint density at radius 1 is 1.36 bits per heavy atom. The molecule has 0 N–H and O–H groups in total. The fourth-order valence-electron chi connectivity index (χ4n) is 2.84. The monoisotopic (exact) mass is 192 g/mol. The molecule has 0 aromatic carbocycles. The average Bonchev–Trinajstić information content (AvgIpc) is 2.73. The van der Waals surface area contributed by atoms with E-state index in [4.69, 9.17) is 0 Å². The van der Waals surface area contributed by atoms with Gasteiger partial charge in [0.2, 0.25) is 0 Å². The molecule has 2 bridgehead atoms. The van der Waals surface area contributed by atoms with E-state index in [0.29, 0.717) is 0 Å². The second kappa shape index (κ2) is 2.79. The van der Waals surface area contributed by atoms with Crippen LogP contribution < -0.4 is 0 Å². The van der Waals surface area contributed by atoms with Crippen molar-refractivity contribution in [2.24, 2.45) is 0 Å². The molecular weight excluding hydrogens is 176 g/mol. The van der Waals surface area contributed by atoms with Crippen molar-refractivity contribution >= 4 is 0 Å². The first kappa shape index (κ1) is 8.41. The van der Waals surface area contributed by atoms with Crippen molar-refractivity contribution in [3.05, 3.63) is 12.2 Å². The van der Waals surface area contributed by atoms with Crippen LogP contribution in [0.1, 0.15) is 25.1 Å². The normalized spacial score (nSPS) is 36.2. The van der Waals surface area contributed by atoms with Crippen LogP contribution in [0.2, 0.25) is 0 Å². The van der Waals surface area contributed by atoms with Gasteiger partial charge in [-0.25, -0.2) is 9.67 Å². The number of hydrogen-bond acceptors (Lipinski definition) is 3. The predicted octanol–water partition coefficient (Wildman–Crippen LogP) is 0.781. The molecule has 0 amide bonds. The molecule has 0 aliphatic carbocycles. The first-order chi connectivity index (χ1) is 6.78. The predicted molar refractivity (Wildman–Crippen MR) is 53.0 cm³/mol. The van der Waals surface area contributed by atoms with Crippen LogP contribution in [0.3, 0.4) is 0 Å². The molecule has 4 nitrogen and oxygen atoms in total. The highest BCUT2D eigenvalue weighted by atomic mass is 15.4. The number of aromatic nitrogens is 3. The van der Waals surface area contributed by atoms with Gasteiger partial charge >= 0.3 is 0 Å². The van der Waals surface area contributed by atoms with Gasteiger partial charge in [0.25, 0.3) is 0 Å². The molecule has 2 atom stereocenters. The van der Waals surface area contributed by atoms with Gasteiger partial charge in [0.1, 0.15) is 12.2 Å². The van der Waals surface area contributed by atoms with E-state index in [1.807, 2.05) is 13.3 Å². The van der Waals surface area contributed by atoms with Crippen molar-refractivity contribution in [1.82, 2.24) is 19.7 Å². The Hall–Kier alpha value is -0.900. The summed E-state index contributed by atoms with van der Waals surface area (Å²) >= 11 is 0. The van der Waals surface area contributed by atoms with E-state index in [1.54, 1.807) is 0 Å². The summed E-state index contributed by atoms with van der Waals surface area (Å²) in [5, 5.41) is 4.48. The van der Waals surface area contributed by atoms with Crippen LogP contribution in [0.4, 0.5) is 0 Å². The van der Waals surface area contributed by atoms with E-state index in [2.05, 4.69) is 19.7 Å². The zero-order valence-corrected chi connectivity index (χ0v) is 8.61. The third-order valence-corrected chi connectivity index (χ3v) is 3.62. The third kappa shape index (κ3) is 1.10. The van der Waals surface area contributed by atoms with Crippen LogP contribution in [0.25, 0.3) is 0 Å². The Balaban J connectivity index is 1.96. The molecule has 2 fully saturated rings. The number of fused-ring (bicyclic) bond motifs is 2. The molecule has 2 aliphatic rings. The summed E-state index contributed by atoms with van der Waals surface area (Å²) in [7, 11) is 0. The third-order valence-electron chi connectivity index (χ3n) is 3.62. The topological polar surface area (TPSA) is 34.0 Å². The summed E-state index contributed by atoms with van der Waals surface area (Å²) in [4.78, 5) is 6.78. The van der Waals surface area contributed by atoms with Gasteiger partial charge in [-0.05, 0) is 32.7 Å². The first-order valence-electron chi connectivity index (χ1n) is 5.40. The second-order valence-corrected chi connectivity index (χ2v) is 4.59. The Morgan fingerprint density at radius 3 is 3.07 bits per heavy atom. The molecule has 3 heterocycles. The maximum Gasteiger partial charge on any atom is 0.147 e. The number of piperidine rings is 1. The van der Waals surface area contributed by atoms with Gasteiger partial charge in [0.15, 0.2) is 0 Å². The minimum absolute atomic E-state index is 0.277. The summed E-state index contributed by atoms with van der Waals surface area (Å²) in [6.07, 6.45) is 5.73. The summed E-state index contributed by atoms with van der Waals surface area (Å²) in [6, 6.07) is 0. The molecule has 3 rings (SSSR count). The highest BCUT2D eigenvalue weighted by Crippen LogP contribution is 2.36. The fraction of sp³-hybridized carbons (Fsp3) is 0.800. The standard InChI is InChI=1S/C10H16N4/c1-9-11-8-14(12-9)10-3-2-5-13(7-10)6-4-10/h8H,2-7H2,1H3. The van der Waals surface area contributed by atoms with Gasteiger partial charge in [-0.2, -0.15) is 5.10 Å². The molecule has 2 unspecified atom stereocenters. The molecule has 1 aromatic rings. The molecule has 1 aromatic heterocycles. The fourth-order valence-corrected chi connectivity index (χ4v) is 2.84. The molecule has 2 aliphatic heterocycles. The Bertz CT molecular complexity index is 342. The highest BCUT2D eigenvalue weighted by molar-refractivity contribution is 4.99. The summed E-state index contributed by atoms with van der Waals surface area (Å²) in [5.41, 5.74) is 0.277. The quantitative estimate of drug-likeness (QED) is 0.659. The first-order valence-corrected chi connectivity index (χ1v) is 5.40. The second-order valence-electron chi connectivity index (χ2n) is 4.59. The lowest BCUT2D eigenvalue weighted by Crippen LogP contribution is -2.41. The van der Waals surface area contributed by atoms with Crippen molar-refractivity contribution in [1.29, 1.82) is 0 Å². The summed E-state index contributed by atoms with van der Waals surface area (Å²) in [6.45, 7) is 5.65. The number of rotatable bonds is 1. The van der Waals surface area contributed by atoms with Crippen LogP contribution in [0.15, 0.2) is 6.33 Å². The molecule has 4 heteroatoms. The minimum atomic E-state index is 0.277. The molecule has 0 spiro atoms. The molecule has 0 saturated carbocycles. The van der Waals surface area contributed by atoms with E-state index in [9.17, 15) is 0 Å². The lowest BCUT2D eigenvalue weighted by molar-refractivity contribution is 0.170. The van der Waals surface area contributed by atoms with Crippen LogP contribution in [0, 0.1) is 6.92 Å². The molecule has 14 heavy (non-hydrogen) atoms. The zero-order valence-electron chi connectivity index (χ0n) is 8.61. The maximum atomic E-state index is 4.48. The maximum absolute atomic E-state index is 4.48. The molecular formula is C10H16N4. The van der Waals surface area contributed by atoms with Crippen LogP contribution in [-0.2, 0) is 5.54 Å². The summed E-state index contributed by atoms with van der Waals surface area (Å²) < 4.78 is 2.11. The molecule has 2 saturated heterocycles. The van der Waals surface area contributed by atoms with Crippen LogP contribution >= 0.6 is 0 Å². The van der Waals surface area contributed by atoms with Crippen molar-refractivity contribution < 1.29 is 0 Å². The lowest BCUT2D eigenvalue weighted by atomic mass is 9.91. The van der Waals surface area contributed by atoms with Gasteiger partial charge in [0, 0.05) is 13.1 Å². The largest absolute Gasteiger partial charge is 0.301 e. The van der Waals surface area contributed by atoms with Crippen molar-refractivity contribution in [3.8, 4) is 0 Å². The van der Waals surface area contributed by atoms with Crippen molar-refractivity contribution in [2.45, 2.75) is 31.7 Å². The SMILES string of the molecule is Cc1ncn(C23CCCN(CC2)C3)n1. The van der Waals surface area contributed by atoms with E-state index in [1.165, 1.54) is 38.9 Å². The van der Waals surface area contributed by atoms with Gasteiger partial charge in [-0.1, -0.05) is 0 Å². The zero-order chi connectivity index (χ0) is 9.60. The highest BCUT2D eigenvalue weighted by Gasteiger charge is 2.43. The number of aryl methyl sites for hydroxylation is 1. The Kier molecular flexibility index (Phi) is 1.68. The lowest BCUT2D eigenvalue weighted by Gasteiger charge is -2.33. The molecule has 0 radical (unpaired) electrons. The smallest absolute Gasteiger partial charge is 0.147 e. The Morgan fingerprint density at radius 2 is 2.29 bits per heavy atom. The van der Waals surface area contributed by atoms with E-state index >= 15 is 0 Å². The van der Waals surface area contributed by atoms with Crippen molar-refractivity contribution in [3.63, 3.8) is 0 Å². The van der Waals surface area contributed by atoms with Gasteiger partial charge in [-0.3, -0.25) is 0 Å². The summed E-state index contributed by atoms with van der Waals surface area (Å²) in [5.74, 6) is 0.892. The Labute approximate surface area is 83.9 Å². The number of nitrogens with zero attached hydrogens (tertiary/aromatic N) is 4. The number of hydrogen-bond donors (Lipinski definition) is 0. The van der Waals surface area contributed by atoms with E-state index in [-0.39, 0.29) is 5.54 Å².